The highest BCUT2D eigenvalue weighted by atomic mass is 32.2. The number of hydrogen-bond donors (Lipinski definition) is 1. The summed E-state index contributed by atoms with van der Waals surface area (Å²) in [4.78, 5) is 12.5. The van der Waals surface area contributed by atoms with Crippen molar-refractivity contribution in [2.45, 2.75) is 13.0 Å². The molecule has 29 heavy (non-hydrogen) atoms. The van der Waals surface area contributed by atoms with Gasteiger partial charge in [0.1, 0.15) is 25.0 Å². The zero-order valence-corrected chi connectivity index (χ0v) is 17.1. The molecule has 156 valence electrons. The fraction of sp³-hybridized carbons (Fsp3) is 0.350. The van der Waals surface area contributed by atoms with Gasteiger partial charge in [-0.15, -0.1) is 0 Å². The Hall–Kier alpha value is -2.94. The quantitative estimate of drug-likeness (QED) is 0.700. The Morgan fingerprint density at radius 2 is 1.86 bits per heavy atom. The summed E-state index contributed by atoms with van der Waals surface area (Å²) in [5, 5.41) is 2.72. The van der Waals surface area contributed by atoms with E-state index in [-0.39, 0.29) is 19.2 Å². The molecule has 0 radical (unpaired) electrons. The van der Waals surface area contributed by atoms with Crippen molar-refractivity contribution < 1.29 is 27.4 Å². The minimum absolute atomic E-state index is 0.192. The van der Waals surface area contributed by atoms with Crippen LogP contribution < -0.4 is 23.8 Å². The number of para-hydroxylation sites is 4. The van der Waals surface area contributed by atoms with E-state index in [9.17, 15) is 13.2 Å². The zero-order chi connectivity index (χ0) is 20.9. The number of amides is 1. The first-order valence-corrected chi connectivity index (χ1v) is 11.1. The molecule has 0 fully saturated rings. The maximum atomic E-state index is 12.5. The van der Waals surface area contributed by atoms with Crippen LogP contribution in [0.15, 0.2) is 48.5 Å². The third-order valence-corrected chi connectivity index (χ3v) is 5.34. The van der Waals surface area contributed by atoms with Crippen molar-refractivity contribution in [1.29, 1.82) is 0 Å². The molecule has 0 aliphatic carbocycles. The number of carbonyl (C=O) groups is 1. The van der Waals surface area contributed by atoms with E-state index < -0.39 is 15.9 Å². The molecule has 1 aliphatic rings. The Balaban J connectivity index is 1.65. The molecule has 2 aromatic carbocycles. The van der Waals surface area contributed by atoms with Crippen LogP contribution in [0, 0.1) is 0 Å². The molecule has 1 aliphatic heterocycles. The monoisotopic (exact) mass is 420 g/mol. The van der Waals surface area contributed by atoms with Gasteiger partial charge in [-0.05, 0) is 31.2 Å². The van der Waals surface area contributed by atoms with Crippen LogP contribution in [0.5, 0.6) is 17.2 Å². The molecule has 0 unspecified atom stereocenters. The van der Waals surface area contributed by atoms with Gasteiger partial charge in [0.25, 0.3) is 0 Å². The van der Waals surface area contributed by atoms with Crippen LogP contribution in [0.4, 0.5) is 5.69 Å². The average molecular weight is 420 g/mol. The van der Waals surface area contributed by atoms with Gasteiger partial charge in [0.2, 0.25) is 15.9 Å². The van der Waals surface area contributed by atoms with Gasteiger partial charge in [-0.25, -0.2) is 8.42 Å². The molecule has 1 atom stereocenters. The lowest BCUT2D eigenvalue weighted by atomic mass is 10.2. The topological polar surface area (TPSA) is 94.2 Å². The second-order valence-corrected chi connectivity index (χ2v) is 8.38. The number of rotatable bonds is 8. The molecule has 1 amide bonds. The van der Waals surface area contributed by atoms with E-state index in [1.54, 1.807) is 37.3 Å². The first-order valence-electron chi connectivity index (χ1n) is 9.23. The number of benzene rings is 2. The fourth-order valence-electron chi connectivity index (χ4n) is 2.90. The van der Waals surface area contributed by atoms with E-state index in [4.69, 9.17) is 14.2 Å². The summed E-state index contributed by atoms with van der Waals surface area (Å²) in [6.07, 6.45) is 0.689. The van der Waals surface area contributed by atoms with Crippen LogP contribution in [0.2, 0.25) is 0 Å². The van der Waals surface area contributed by atoms with Crippen molar-refractivity contribution in [1.82, 2.24) is 5.32 Å². The number of carbonyl (C=O) groups excluding carboxylic acids is 1. The minimum Gasteiger partial charge on any atom is -0.492 e. The number of nitrogens with one attached hydrogen (secondary N) is 1. The Kier molecular flexibility index (Phi) is 6.48. The van der Waals surface area contributed by atoms with E-state index in [0.717, 1.165) is 10.6 Å². The molecule has 0 saturated heterocycles. The fourth-order valence-corrected chi connectivity index (χ4v) is 3.76. The van der Waals surface area contributed by atoms with Gasteiger partial charge < -0.3 is 19.5 Å². The third kappa shape index (κ3) is 5.32. The van der Waals surface area contributed by atoms with Crippen LogP contribution >= 0.6 is 0 Å². The number of anilines is 1. The highest BCUT2D eigenvalue weighted by Crippen LogP contribution is 2.31. The summed E-state index contributed by atoms with van der Waals surface area (Å²) < 4.78 is 42.6. The SMILES string of the molecule is CCOc1ccccc1N(CC(=O)NC[C@H]1COc2ccccc2O1)S(C)(=O)=O. The Labute approximate surface area is 170 Å². The highest BCUT2D eigenvalue weighted by molar-refractivity contribution is 7.92. The van der Waals surface area contributed by atoms with Crippen molar-refractivity contribution in [3.8, 4) is 17.2 Å². The molecule has 0 bridgehead atoms. The lowest BCUT2D eigenvalue weighted by molar-refractivity contribution is -0.120. The molecule has 2 aromatic rings. The molecule has 0 spiro atoms. The molecule has 1 N–H and O–H groups in total. The van der Waals surface area contributed by atoms with Gasteiger partial charge in [-0.1, -0.05) is 24.3 Å². The van der Waals surface area contributed by atoms with Gasteiger partial charge >= 0.3 is 0 Å². The summed E-state index contributed by atoms with van der Waals surface area (Å²) >= 11 is 0. The van der Waals surface area contributed by atoms with Gasteiger partial charge in [0.15, 0.2) is 11.5 Å². The lowest BCUT2D eigenvalue weighted by Crippen LogP contribution is -2.45. The number of nitrogens with zero attached hydrogens (tertiary/aromatic N) is 1. The predicted octanol–water partition coefficient (Wildman–Crippen LogP) is 1.81. The van der Waals surface area contributed by atoms with E-state index in [0.29, 0.717) is 36.1 Å². The van der Waals surface area contributed by atoms with Crippen LogP contribution in [0.3, 0.4) is 0 Å². The van der Waals surface area contributed by atoms with E-state index in [1.165, 1.54) is 0 Å². The third-order valence-electron chi connectivity index (χ3n) is 4.22. The largest absolute Gasteiger partial charge is 0.492 e. The second-order valence-electron chi connectivity index (χ2n) is 6.47. The summed E-state index contributed by atoms with van der Waals surface area (Å²) in [5.74, 6) is 1.21. The summed E-state index contributed by atoms with van der Waals surface area (Å²) in [6, 6.07) is 14.0. The van der Waals surface area contributed by atoms with Crippen LogP contribution in [0.1, 0.15) is 6.92 Å². The number of ether oxygens (including phenoxy) is 3. The zero-order valence-electron chi connectivity index (χ0n) is 16.3. The van der Waals surface area contributed by atoms with E-state index >= 15 is 0 Å². The maximum Gasteiger partial charge on any atom is 0.240 e. The minimum atomic E-state index is -3.70. The van der Waals surface area contributed by atoms with E-state index in [1.807, 2.05) is 18.2 Å². The molecule has 0 saturated carbocycles. The molecule has 1 heterocycles. The molecule has 3 rings (SSSR count). The van der Waals surface area contributed by atoms with Crippen molar-refractivity contribution in [3.63, 3.8) is 0 Å². The summed E-state index contributed by atoms with van der Waals surface area (Å²) in [7, 11) is -3.70. The van der Waals surface area contributed by atoms with Gasteiger partial charge in [-0.3, -0.25) is 9.10 Å². The molecule has 0 aromatic heterocycles. The Bertz CT molecular complexity index is 963. The van der Waals surface area contributed by atoms with Crippen LogP contribution in [-0.4, -0.2) is 53.0 Å². The van der Waals surface area contributed by atoms with Crippen molar-refractivity contribution >= 4 is 21.6 Å². The number of fused-ring (bicyclic) bond motifs is 1. The summed E-state index contributed by atoms with van der Waals surface area (Å²) in [6.45, 7) is 2.30. The molecular weight excluding hydrogens is 396 g/mol. The highest BCUT2D eigenvalue weighted by Gasteiger charge is 2.25. The summed E-state index contributed by atoms with van der Waals surface area (Å²) in [5.41, 5.74) is 0.318. The molecule has 8 nitrogen and oxygen atoms in total. The first-order chi connectivity index (χ1) is 13.9. The Morgan fingerprint density at radius 1 is 1.17 bits per heavy atom. The smallest absolute Gasteiger partial charge is 0.240 e. The molecule has 9 heteroatoms. The average Bonchev–Trinajstić information content (AvgIpc) is 2.70. The predicted molar refractivity (Wildman–Crippen MR) is 109 cm³/mol. The van der Waals surface area contributed by atoms with Crippen molar-refractivity contribution in [2.24, 2.45) is 0 Å². The van der Waals surface area contributed by atoms with Crippen LogP contribution in [0.25, 0.3) is 0 Å². The normalized spacial score (nSPS) is 15.4. The second kappa shape index (κ2) is 9.04. The lowest BCUT2D eigenvalue weighted by Gasteiger charge is -2.27. The number of hydrogen-bond acceptors (Lipinski definition) is 6. The Morgan fingerprint density at radius 3 is 2.59 bits per heavy atom. The van der Waals surface area contributed by atoms with Crippen molar-refractivity contribution in [3.05, 3.63) is 48.5 Å². The van der Waals surface area contributed by atoms with Crippen molar-refractivity contribution in [2.75, 3.05) is 36.9 Å². The van der Waals surface area contributed by atoms with Crippen LogP contribution in [-0.2, 0) is 14.8 Å². The number of sulfonamides is 1. The van der Waals surface area contributed by atoms with Gasteiger partial charge in [0, 0.05) is 0 Å². The van der Waals surface area contributed by atoms with Gasteiger partial charge in [0.05, 0.1) is 25.1 Å². The van der Waals surface area contributed by atoms with Gasteiger partial charge in [-0.2, -0.15) is 0 Å². The first kappa shape index (κ1) is 20.8. The maximum absolute atomic E-state index is 12.5. The standard InChI is InChI=1S/C20H24N2O6S/c1-3-26-17-9-5-4-8-16(17)22(29(2,24)25)13-20(23)21-12-15-14-27-18-10-6-7-11-19(18)28-15/h4-11,15H,3,12-14H2,1-2H3,(H,21,23)/t15-/m0/s1. The molecular formula is C20H24N2O6S. The van der Waals surface area contributed by atoms with E-state index in [2.05, 4.69) is 5.32 Å².